The summed E-state index contributed by atoms with van der Waals surface area (Å²) in [5, 5.41) is 3.16. The van der Waals surface area contributed by atoms with Crippen LogP contribution in [0.4, 0.5) is 5.69 Å². The van der Waals surface area contributed by atoms with E-state index in [0.717, 1.165) is 19.5 Å². The average molecular weight is 301 g/mol. The molecule has 114 valence electrons. The molecule has 0 atom stereocenters. The molecule has 0 fully saturated rings. The Bertz CT molecular complexity index is 488. The van der Waals surface area contributed by atoms with Gasteiger partial charge in [0, 0.05) is 13.6 Å². The summed E-state index contributed by atoms with van der Waals surface area (Å²) < 4.78 is 33.0. The summed E-state index contributed by atoms with van der Waals surface area (Å²) in [6.45, 7) is 4.18. The van der Waals surface area contributed by atoms with E-state index in [0.29, 0.717) is 18.0 Å². The second kappa shape index (κ2) is 8.08. The second-order valence-corrected chi connectivity index (χ2v) is 6.14. The van der Waals surface area contributed by atoms with E-state index >= 15 is 0 Å². The first-order chi connectivity index (χ1) is 9.49. The predicted molar refractivity (Wildman–Crippen MR) is 81.3 cm³/mol. The van der Waals surface area contributed by atoms with E-state index in [1.807, 2.05) is 6.92 Å². The Morgan fingerprint density at radius 3 is 2.45 bits per heavy atom. The Balaban J connectivity index is 2.54. The van der Waals surface area contributed by atoms with Crippen LogP contribution in [-0.2, 0) is 10.2 Å². The molecule has 1 aromatic carbocycles. The highest BCUT2D eigenvalue weighted by Crippen LogP contribution is 2.16. The second-order valence-electron chi connectivity index (χ2n) is 4.36. The SMILES string of the molecule is CCNCCCN(C)S(=O)(=O)Nc1ccc(OC)cc1. The first-order valence-electron chi connectivity index (χ1n) is 6.58. The zero-order valence-electron chi connectivity index (χ0n) is 12.2. The van der Waals surface area contributed by atoms with Gasteiger partial charge in [-0.2, -0.15) is 12.7 Å². The highest BCUT2D eigenvalue weighted by Gasteiger charge is 2.16. The predicted octanol–water partition coefficient (Wildman–Crippen LogP) is 1.28. The van der Waals surface area contributed by atoms with Gasteiger partial charge in [-0.05, 0) is 43.8 Å². The lowest BCUT2D eigenvalue weighted by Crippen LogP contribution is -2.34. The van der Waals surface area contributed by atoms with Crippen molar-refractivity contribution in [3.05, 3.63) is 24.3 Å². The van der Waals surface area contributed by atoms with Crippen LogP contribution >= 0.6 is 0 Å². The summed E-state index contributed by atoms with van der Waals surface area (Å²) >= 11 is 0. The van der Waals surface area contributed by atoms with Crippen LogP contribution in [0.3, 0.4) is 0 Å². The summed E-state index contributed by atoms with van der Waals surface area (Å²) in [6, 6.07) is 6.76. The number of benzene rings is 1. The minimum absolute atomic E-state index is 0.471. The van der Waals surface area contributed by atoms with Gasteiger partial charge in [-0.25, -0.2) is 0 Å². The van der Waals surface area contributed by atoms with Gasteiger partial charge < -0.3 is 10.1 Å². The fraction of sp³-hybridized carbons (Fsp3) is 0.538. The summed E-state index contributed by atoms with van der Waals surface area (Å²) in [5.41, 5.74) is 0.518. The first-order valence-corrected chi connectivity index (χ1v) is 8.02. The lowest BCUT2D eigenvalue weighted by molar-refractivity contribution is 0.415. The maximum atomic E-state index is 12.1. The fourth-order valence-corrected chi connectivity index (χ4v) is 2.57. The van der Waals surface area contributed by atoms with Crippen molar-refractivity contribution < 1.29 is 13.2 Å². The monoisotopic (exact) mass is 301 g/mol. The number of hydrogen-bond donors (Lipinski definition) is 2. The molecule has 2 N–H and O–H groups in total. The van der Waals surface area contributed by atoms with Gasteiger partial charge in [0.25, 0.3) is 0 Å². The van der Waals surface area contributed by atoms with Crippen LogP contribution in [0.25, 0.3) is 0 Å². The largest absolute Gasteiger partial charge is 0.497 e. The lowest BCUT2D eigenvalue weighted by Gasteiger charge is -2.18. The van der Waals surface area contributed by atoms with Crippen molar-refractivity contribution in [3.63, 3.8) is 0 Å². The van der Waals surface area contributed by atoms with Crippen LogP contribution in [-0.4, -0.2) is 46.5 Å². The number of rotatable bonds is 9. The molecule has 0 bridgehead atoms. The third-order valence-electron chi connectivity index (χ3n) is 2.82. The Labute approximate surface area is 121 Å². The molecule has 0 unspecified atom stereocenters. The van der Waals surface area contributed by atoms with E-state index in [-0.39, 0.29) is 0 Å². The Morgan fingerprint density at radius 2 is 1.90 bits per heavy atom. The molecule has 0 aliphatic rings. The van der Waals surface area contributed by atoms with E-state index in [1.165, 1.54) is 4.31 Å². The smallest absolute Gasteiger partial charge is 0.301 e. The number of nitrogens with one attached hydrogen (secondary N) is 2. The van der Waals surface area contributed by atoms with Crippen molar-refractivity contribution in [3.8, 4) is 5.75 Å². The first kappa shape index (κ1) is 16.7. The van der Waals surface area contributed by atoms with Gasteiger partial charge in [0.1, 0.15) is 5.75 Å². The molecular weight excluding hydrogens is 278 g/mol. The Hall–Kier alpha value is -1.31. The highest BCUT2D eigenvalue weighted by molar-refractivity contribution is 7.90. The summed E-state index contributed by atoms with van der Waals surface area (Å²) in [4.78, 5) is 0. The standard InChI is InChI=1S/C13H23N3O3S/c1-4-14-10-5-11-16(2)20(17,18)15-12-6-8-13(19-3)9-7-12/h6-9,14-15H,4-5,10-11H2,1-3H3. The third-order valence-corrected chi connectivity index (χ3v) is 4.32. The minimum atomic E-state index is -3.51. The molecular formula is C13H23N3O3S. The molecule has 0 aromatic heterocycles. The molecule has 0 radical (unpaired) electrons. The normalized spacial score (nSPS) is 11.6. The molecule has 1 rings (SSSR count). The van der Waals surface area contributed by atoms with E-state index in [2.05, 4.69) is 10.0 Å². The van der Waals surface area contributed by atoms with Crippen LogP contribution in [0.2, 0.25) is 0 Å². The van der Waals surface area contributed by atoms with Crippen molar-refractivity contribution in [2.75, 3.05) is 38.5 Å². The molecule has 0 heterocycles. The van der Waals surface area contributed by atoms with Crippen molar-refractivity contribution in [2.45, 2.75) is 13.3 Å². The molecule has 6 nitrogen and oxygen atoms in total. The molecule has 20 heavy (non-hydrogen) atoms. The van der Waals surface area contributed by atoms with Gasteiger partial charge in [-0.15, -0.1) is 0 Å². The van der Waals surface area contributed by atoms with Crippen LogP contribution in [0.5, 0.6) is 5.75 Å². The number of methoxy groups -OCH3 is 1. The Morgan fingerprint density at radius 1 is 1.25 bits per heavy atom. The molecule has 0 saturated heterocycles. The van der Waals surface area contributed by atoms with Crippen LogP contribution in [0, 0.1) is 0 Å². The topological polar surface area (TPSA) is 70.7 Å². The number of anilines is 1. The van der Waals surface area contributed by atoms with E-state index in [9.17, 15) is 8.42 Å². The summed E-state index contributed by atoms with van der Waals surface area (Å²) in [7, 11) is -0.371. The van der Waals surface area contributed by atoms with E-state index in [1.54, 1.807) is 38.4 Å². The molecule has 0 spiro atoms. The van der Waals surface area contributed by atoms with Gasteiger partial charge in [-0.3, -0.25) is 4.72 Å². The molecule has 7 heteroatoms. The zero-order valence-corrected chi connectivity index (χ0v) is 13.0. The zero-order chi connectivity index (χ0) is 15.0. The molecule has 0 saturated carbocycles. The van der Waals surface area contributed by atoms with Gasteiger partial charge in [0.2, 0.25) is 0 Å². The quantitative estimate of drug-likeness (QED) is 0.674. The molecule has 0 aliphatic carbocycles. The lowest BCUT2D eigenvalue weighted by atomic mass is 10.3. The minimum Gasteiger partial charge on any atom is -0.497 e. The number of hydrogen-bond acceptors (Lipinski definition) is 4. The average Bonchev–Trinajstić information content (AvgIpc) is 2.43. The molecule has 0 aliphatic heterocycles. The fourth-order valence-electron chi connectivity index (χ4n) is 1.61. The van der Waals surface area contributed by atoms with Gasteiger partial charge in [0.15, 0.2) is 0 Å². The maximum absolute atomic E-state index is 12.1. The van der Waals surface area contributed by atoms with Crippen LogP contribution in [0.1, 0.15) is 13.3 Å². The molecule has 0 amide bonds. The van der Waals surface area contributed by atoms with Crippen molar-refractivity contribution in [2.24, 2.45) is 0 Å². The number of ether oxygens (including phenoxy) is 1. The number of nitrogens with zero attached hydrogens (tertiary/aromatic N) is 1. The highest BCUT2D eigenvalue weighted by atomic mass is 32.2. The van der Waals surface area contributed by atoms with Crippen molar-refractivity contribution >= 4 is 15.9 Å². The van der Waals surface area contributed by atoms with Crippen LogP contribution < -0.4 is 14.8 Å². The van der Waals surface area contributed by atoms with Crippen molar-refractivity contribution in [1.29, 1.82) is 0 Å². The van der Waals surface area contributed by atoms with Crippen LogP contribution in [0.15, 0.2) is 24.3 Å². The van der Waals surface area contributed by atoms with Gasteiger partial charge in [-0.1, -0.05) is 6.92 Å². The van der Waals surface area contributed by atoms with Gasteiger partial charge >= 0.3 is 10.2 Å². The summed E-state index contributed by atoms with van der Waals surface area (Å²) in [5.74, 6) is 0.687. The Kier molecular flexibility index (Phi) is 6.77. The van der Waals surface area contributed by atoms with Gasteiger partial charge in [0.05, 0.1) is 12.8 Å². The summed E-state index contributed by atoms with van der Waals surface area (Å²) in [6.07, 6.45) is 0.772. The molecule has 1 aromatic rings. The van der Waals surface area contributed by atoms with E-state index in [4.69, 9.17) is 4.74 Å². The van der Waals surface area contributed by atoms with Crippen molar-refractivity contribution in [1.82, 2.24) is 9.62 Å². The van der Waals surface area contributed by atoms with E-state index < -0.39 is 10.2 Å². The third kappa shape index (κ3) is 5.36. The maximum Gasteiger partial charge on any atom is 0.301 e.